The topological polar surface area (TPSA) is 49.3 Å². The lowest BCUT2D eigenvalue weighted by atomic mass is 10.1. The highest BCUT2D eigenvalue weighted by molar-refractivity contribution is 7.99. The van der Waals surface area contributed by atoms with Crippen molar-refractivity contribution in [1.29, 1.82) is 0 Å². The number of hydrogen-bond donors (Lipinski definition) is 2. The van der Waals surface area contributed by atoms with Gasteiger partial charge in [0.05, 0.1) is 11.3 Å². The van der Waals surface area contributed by atoms with E-state index in [1.54, 1.807) is 0 Å². The number of carboxylic acid groups (broad SMARTS) is 1. The molecule has 17 heavy (non-hydrogen) atoms. The maximum absolute atomic E-state index is 13.5. The van der Waals surface area contributed by atoms with Crippen LogP contribution in [-0.4, -0.2) is 28.6 Å². The Bertz CT molecular complexity index is 419. The average molecular weight is 255 g/mol. The largest absolute Gasteiger partial charge is 0.478 e. The number of nitrogens with one attached hydrogen (secondary N) is 1. The van der Waals surface area contributed by atoms with E-state index in [1.165, 1.54) is 18.2 Å². The second kappa shape index (κ2) is 5.40. The molecule has 1 aliphatic rings. The molecule has 0 aromatic heterocycles. The molecule has 0 saturated carbocycles. The van der Waals surface area contributed by atoms with E-state index in [4.69, 9.17) is 5.11 Å². The fourth-order valence-corrected chi connectivity index (χ4v) is 2.94. The summed E-state index contributed by atoms with van der Waals surface area (Å²) in [7, 11) is 0. The molecule has 92 valence electrons. The first kappa shape index (κ1) is 12.2. The van der Waals surface area contributed by atoms with Crippen molar-refractivity contribution in [3.63, 3.8) is 0 Å². The van der Waals surface area contributed by atoms with Crippen LogP contribution >= 0.6 is 11.8 Å². The van der Waals surface area contributed by atoms with Crippen molar-refractivity contribution in [1.82, 2.24) is 0 Å². The highest BCUT2D eigenvalue weighted by Gasteiger charge is 2.16. The summed E-state index contributed by atoms with van der Waals surface area (Å²) in [6, 6.07) is 4.08. The SMILES string of the molecule is O=C(O)c1ccc(F)c(NC2CCSCC2)c1. The number of thioether (sulfide) groups is 1. The van der Waals surface area contributed by atoms with Crippen molar-refractivity contribution in [2.24, 2.45) is 0 Å². The average Bonchev–Trinajstić information content (AvgIpc) is 2.33. The molecule has 0 unspecified atom stereocenters. The molecule has 0 aliphatic carbocycles. The van der Waals surface area contributed by atoms with E-state index in [0.29, 0.717) is 5.69 Å². The number of benzene rings is 1. The van der Waals surface area contributed by atoms with E-state index in [1.807, 2.05) is 11.8 Å². The fourth-order valence-electron chi connectivity index (χ4n) is 1.83. The Labute approximate surface area is 103 Å². The second-order valence-corrected chi connectivity index (χ2v) is 5.26. The van der Waals surface area contributed by atoms with Crippen LogP contribution in [0.25, 0.3) is 0 Å². The highest BCUT2D eigenvalue weighted by atomic mass is 32.2. The molecule has 0 atom stereocenters. The van der Waals surface area contributed by atoms with Crippen molar-refractivity contribution in [3.05, 3.63) is 29.6 Å². The van der Waals surface area contributed by atoms with Crippen LogP contribution in [0.5, 0.6) is 0 Å². The Morgan fingerprint density at radius 1 is 1.41 bits per heavy atom. The summed E-state index contributed by atoms with van der Waals surface area (Å²) in [5, 5.41) is 11.9. The summed E-state index contributed by atoms with van der Waals surface area (Å²) >= 11 is 1.89. The van der Waals surface area contributed by atoms with Gasteiger partial charge in [-0.05, 0) is 42.5 Å². The van der Waals surface area contributed by atoms with Crippen molar-refractivity contribution in [3.8, 4) is 0 Å². The van der Waals surface area contributed by atoms with Crippen molar-refractivity contribution >= 4 is 23.4 Å². The van der Waals surface area contributed by atoms with E-state index in [2.05, 4.69) is 5.32 Å². The fraction of sp³-hybridized carbons (Fsp3) is 0.417. The van der Waals surface area contributed by atoms with Gasteiger partial charge in [0.15, 0.2) is 0 Å². The molecule has 0 bridgehead atoms. The Hall–Kier alpha value is -1.23. The first-order valence-corrected chi connectivity index (χ1v) is 6.69. The van der Waals surface area contributed by atoms with Crippen LogP contribution in [0.15, 0.2) is 18.2 Å². The molecule has 2 rings (SSSR count). The maximum atomic E-state index is 13.5. The molecule has 0 amide bonds. The Morgan fingerprint density at radius 2 is 2.12 bits per heavy atom. The first-order chi connectivity index (χ1) is 8.16. The molecule has 0 radical (unpaired) electrons. The molecular weight excluding hydrogens is 241 g/mol. The molecular formula is C12H14FNO2S. The minimum Gasteiger partial charge on any atom is -0.478 e. The number of hydrogen-bond acceptors (Lipinski definition) is 3. The molecule has 1 saturated heterocycles. The first-order valence-electron chi connectivity index (χ1n) is 5.54. The van der Waals surface area contributed by atoms with Gasteiger partial charge in [-0.3, -0.25) is 0 Å². The van der Waals surface area contributed by atoms with Crippen LogP contribution in [0.1, 0.15) is 23.2 Å². The summed E-state index contributed by atoms with van der Waals surface area (Å²) < 4.78 is 13.5. The van der Waals surface area contributed by atoms with E-state index in [0.717, 1.165) is 24.3 Å². The van der Waals surface area contributed by atoms with E-state index in [9.17, 15) is 9.18 Å². The number of anilines is 1. The van der Waals surface area contributed by atoms with Gasteiger partial charge in [-0.15, -0.1) is 0 Å². The van der Waals surface area contributed by atoms with Crippen LogP contribution in [0, 0.1) is 5.82 Å². The monoisotopic (exact) mass is 255 g/mol. The Morgan fingerprint density at radius 3 is 2.76 bits per heavy atom. The number of aromatic carboxylic acids is 1. The van der Waals surface area contributed by atoms with Gasteiger partial charge in [-0.2, -0.15) is 11.8 Å². The quantitative estimate of drug-likeness (QED) is 0.872. The third kappa shape index (κ3) is 3.12. The Balaban J connectivity index is 2.13. The summed E-state index contributed by atoms with van der Waals surface area (Å²) in [6.07, 6.45) is 1.98. The summed E-state index contributed by atoms with van der Waals surface area (Å²) in [5.41, 5.74) is 0.404. The predicted octanol–water partition coefficient (Wildman–Crippen LogP) is 2.83. The minimum absolute atomic E-state index is 0.110. The zero-order valence-corrected chi connectivity index (χ0v) is 10.1. The molecule has 1 aliphatic heterocycles. The smallest absolute Gasteiger partial charge is 0.335 e. The van der Waals surface area contributed by atoms with Gasteiger partial charge in [0.25, 0.3) is 0 Å². The zero-order chi connectivity index (χ0) is 12.3. The molecule has 1 aromatic rings. The summed E-state index contributed by atoms with van der Waals surface area (Å²) in [5.74, 6) is 0.705. The van der Waals surface area contributed by atoms with Gasteiger partial charge < -0.3 is 10.4 Å². The Kier molecular flexibility index (Phi) is 3.89. The van der Waals surface area contributed by atoms with E-state index < -0.39 is 11.8 Å². The molecule has 1 heterocycles. The maximum Gasteiger partial charge on any atom is 0.335 e. The van der Waals surface area contributed by atoms with Crippen LogP contribution < -0.4 is 5.32 Å². The lowest BCUT2D eigenvalue weighted by Gasteiger charge is -2.23. The minimum atomic E-state index is -1.03. The van der Waals surface area contributed by atoms with Crippen LogP contribution in [-0.2, 0) is 0 Å². The number of halogens is 1. The van der Waals surface area contributed by atoms with Crippen LogP contribution in [0.2, 0.25) is 0 Å². The third-order valence-electron chi connectivity index (χ3n) is 2.79. The lowest BCUT2D eigenvalue weighted by Crippen LogP contribution is -2.25. The van der Waals surface area contributed by atoms with Gasteiger partial charge in [0, 0.05) is 6.04 Å². The van der Waals surface area contributed by atoms with Gasteiger partial charge in [0.2, 0.25) is 0 Å². The molecule has 5 heteroatoms. The summed E-state index contributed by atoms with van der Waals surface area (Å²) in [4.78, 5) is 10.8. The van der Waals surface area contributed by atoms with Crippen LogP contribution in [0.4, 0.5) is 10.1 Å². The molecule has 3 nitrogen and oxygen atoms in total. The summed E-state index contributed by atoms with van der Waals surface area (Å²) in [6.45, 7) is 0. The molecule has 2 N–H and O–H groups in total. The number of carbonyl (C=O) groups is 1. The number of rotatable bonds is 3. The van der Waals surface area contributed by atoms with Gasteiger partial charge in [-0.25, -0.2) is 9.18 Å². The van der Waals surface area contributed by atoms with Crippen LogP contribution in [0.3, 0.4) is 0 Å². The van der Waals surface area contributed by atoms with E-state index >= 15 is 0 Å². The third-order valence-corrected chi connectivity index (χ3v) is 3.84. The van der Waals surface area contributed by atoms with Crippen molar-refractivity contribution < 1.29 is 14.3 Å². The van der Waals surface area contributed by atoms with Crippen molar-refractivity contribution in [2.75, 3.05) is 16.8 Å². The van der Waals surface area contributed by atoms with Gasteiger partial charge >= 0.3 is 5.97 Å². The standard InChI is InChI=1S/C12H14FNO2S/c13-10-2-1-8(12(15)16)7-11(10)14-9-3-5-17-6-4-9/h1-2,7,9,14H,3-6H2,(H,15,16). The zero-order valence-electron chi connectivity index (χ0n) is 9.28. The van der Waals surface area contributed by atoms with E-state index in [-0.39, 0.29) is 11.6 Å². The van der Waals surface area contributed by atoms with Gasteiger partial charge in [0.1, 0.15) is 5.82 Å². The number of carboxylic acids is 1. The normalized spacial score (nSPS) is 16.8. The molecule has 1 aromatic carbocycles. The highest BCUT2D eigenvalue weighted by Crippen LogP contribution is 2.23. The molecule has 1 fully saturated rings. The lowest BCUT2D eigenvalue weighted by molar-refractivity contribution is 0.0697. The van der Waals surface area contributed by atoms with Gasteiger partial charge in [-0.1, -0.05) is 0 Å². The van der Waals surface area contributed by atoms with Crippen molar-refractivity contribution in [2.45, 2.75) is 18.9 Å². The molecule has 0 spiro atoms. The predicted molar refractivity (Wildman–Crippen MR) is 67.3 cm³/mol. The second-order valence-electron chi connectivity index (χ2n) is 4.03.